The molecule has 0 aromatic heterocycles. The molecule has 1 radical (unpaired) electrons. The molecule has 0 heterocycles. The van der Waals surface area contributed by atoms with Crippen LogP contribution in [0, 0.1) is 0 Å². The molecule has 0 N–H and O–H groups in total. The van der Waals surface area contributed by atoms with Crippen molar-refractivity contribution < 1.29 is 17.1 Å². The first kappa shape index (κ1) is 42.3. The fraction of sp³-hybridized carbons (Fsp3) is 0. The molecule has 0 spiro atoms. The number of hydrogen-bond donors (Lipinski definition) is 0. The summed E-state index contributed by atoms with van der Waals surface area (Å²) in [6, 6.07) is 0. The van der Waals surface area contributed by atoms with E-state index in [-0.39, 0.29) is 61.4 Å². The van der Waals surface area contributed by atoms with Gasteiger partial charge in [-0.15, -0.1) is 0 Å². The van der Waals surface area contributed by atoms with Crippen molar-refractivity contribution in [3.63, 3.8) is 0 Å². The average Bonchev–Trinajstić information content (AvgIpc) is 0. The first-order chi connectivity index (χ1) is 0. The maximum atomic E-state index is 0. The Labute approximate surface area is 61.2 Å². The molecule has 4 heavy (non-hydrogen) atoms. The van der Waals surface area contributed by atoms with E-state index < -0.39 is 0 Å². The van der Waals surface area contributed by atoms with Crippen LogP contribution in [0.1, 0.15) is 0 Å². The molecule has 0 saturated heterocycles. The molecule has 0 nitrogen and oxygen atoms in total. The zero-order chi connectivity index (χ0) is 0. The SMILES string of the molecule is [Al+3].[Cu+2].[S-2].[S-2]. The third-order valence-electron chi connectivity index (χ3n) is 0. The van der Waals surface area contributed by atoms with Gasteiger partial charge in [0.15, 0.2) is 0 Å². The molecule has 0 aliphatic heterocycles. The van der Waals surface area contributed by atoms with Crippen LogP contribution in [0.3, 0.4) is 0 Å². The molecule has 25 valence electrons. The Balaban J connectivity index is 0. The van der Waals surface area contributed by atoms with Gasteiger partial charge in [0.25, 0.3) is 0 Å². The van der Waals surface area contributed by atoms with Crippen molar-refractivity contribution >= 4 is 44.4 Å². The van der Waals surface area contributed by atoms with Crippen molar-refractivity contribution in [1.82, 2.24) is 0 Å². The Bertz CT molecular complexity index is 6.00. The number of rotatable bonds is 0. The smallest absolute Gasteiger partial charge is 2.00 e. The minimum absolute atomic E-state index is 0. The summed E-state index contributed by atoms with van der Waals surface area (Å²) in [5, 5.41) is 0. The van der Waals surface area contributed by atoms with Gasteiger partial charge in [-0.2, -0.15) is 0 Å². The minimum atomic E-state index is 0. The van der Waals surface area contributed by atoms with Crippen molar-refractivity contribution in [2.75, 3.05) is 0 Å². The van der Waals surface area contributed by atoms with E-state index >= 15 is 0 Å². The van der Waals surface area contributed by atoms with Crippen LogP contribution in [-0.4, -0.2) is 17.4 Å². The first-order valence-electron chi connectivity index (χ1n) is 0. The summed E-state index contributed by atoms with van der Waals surface area (Å²) in [5.74, 6) is 0. The molecule has 0 aliphatic rings. The monoisotopic (exact) mass is 154 g/mol. The quantitative estimate of drug-likeness (QED) is 0.417. The summed E-state index contributed by atoms with van der Waals surface area (Å²) in [7, 11) is 0. The van der Waals surface area contributed by atoms with Crippen LogP contribution >= 0.6 is 0 Å². The second-order valence-electron chi connectivity index (χ2n) is 0. The van der Waals surface area contributed by atoms with Crippen molar-refractivity contribution in [3.05, 3.63) is 0 Å². The summed E-state index contributed by atoms with van der Waals surface area (Å²) in [6.45, 7) is 0. The van der Waals surface area contributed by atoms with Gasteiger partial charge in [-0.05, 0) is 0 Å². The van der Waals surface area contributed by atoms with Crippen LogP contribution < -0.4 is 0 Å². The third-order valence-corrected chi connectivity index (χ3v) is 0. The molecule has 0 fully saturated rings. The molecule has 4 heteroatoms. The van der Waals surface area contributed by atoms with Crippen LogP contribution in [0.2, 0.25) is 0 Å². The maximum absolute atomic E-state index is 0. The van der Waals surface area contributed by atoms with Gasteiger partial charge in [0.05, 0.1) is 0 Å². The van der Waals surface area contributed by atoms with Crippen LogP contribution in [0.15, 0.2) is 0 Å². The summed E-state index contributed by atoms with van der Waals surface area (Å²) >= 11 is 0. The molecule has 0 aliphatic carbocycles. The Morgan fingerprint density at radius 2 is 0.750 bits per heavy atom. The predicted octanol–water partition coefficient (Wildman–Crippen LogP) is -0.388. The van der Waals surface area contributed by atoms with Gasteiger partial charge in [-0.25, -0.2) is 0 Å². The van der Waals surface area contributed by atoms with Crippen molar-refractivity contribution in [2.24, 2.45) is 0 Å². The molecule has 0 amide bonds. The molecule has 0 atom stereocenters. The van der Waals surface area contributed by atoms with E-state index in [2.05, 4.69) is 0 Å². The summed E-state index contributed by atoms with van der Waals surface area (Å²) in [6.07, 6.45) is 0. The summed E-state index contributed by atoms with van der Waals surface area (Å²) in [4.78, 5) is 0. The number of hydrogen-bond acceptors (Lipinski definition) is 0. The van der Waals surface area contributed by atoms with Gasteiger partial charge < -0.3 is 27.0 Å². The van der Waals surface area contributed by atoms with E-state index in [1.54, 1.807) is 0 Å². The van der Waals surface area contributed by atoms with Crippen molar-refractivity contribution in [1.29, 1.82) is 0 Å². The Kier molecular flexibility index (Phi) is 231. The van der Waals surface area contributed by atoms with Gasteiger partial charge in [0, 0.05) is 0 Å². The standard InChI is InChI=1S/Al.Cu.2S/q+3;+2;2*-2. The predicted molar refractivity (Wildman–Crippen MR) is 20.5 cm³/mol. The van der Waals surface area contributed by atoms with E-state index in [4.69, 9.17) is 0 Å². The van der Waals surface area contributed by atoms with E-state index in [9.17, 15) is 0 Å². The van der Waals surface area contributed by atoms with E-state index in [1.807, 2.05) is 0 Å². The van der Waals surface area contributed by atoms with Crippen LogP contribution in [0.25, 0.3) is 0 Å². The minimum Gasteiger partial charge on any atom is -2.00 e. The summed E-state index contributed by atoms with van der Waals surface area (Å²) in [5.41, 5.74) is 0. The molecule has 0 bridgehead atoms. The molecule has 0 aromatic rings. The van der Waals surface area contributed by atoms with E-state index in [0.717, 1.165) is 0 Å². The fourth-order valence-electron chi connectivity index (χ4n) is 0. The zero-order valence-electron chi connectivity index (χ0n) is 1.70. The zero-order valence-corrected chi connectivity index (χ0v) is 5.42. The molecule has 0 aromatic carbocycles. The van der Waals surface area contributed by atoms with Gasteiger partial charge in [0.2, 0.25) is 0 Å². The summed E-state index contributed by atoms with van der Waals surface area (Å²) < 4.78 is 0. The van der Waals surface area contributed by atoms with Crippen LogP contribution in [0.5, 0.6) is 0 Å². The van der Waals surface area contributed by atoms with E-state index in [0.29, 0.717) is 0 Å². The topological polar surface area (TPSA) is 0 Å². The largest absolute Gasteiger partial charge is 3.00 e. The molecule has 0 unspecified atom stereocenters. The fourth-order valence-corrected chi connectivity index (χ4v) is 0. The Hall–Kier alpha value is 1.75. The average molecular weight is 155 g/mol. The van der Waals surface area contributed by atoms with Gasteiger partial charge in [0.1, 0.15) is 0 Å². The van der Waals surface area contributed by atoms with E-state index in [1.165, 1.54) is 0 Å². The second-order valence-corrected chi connectivity index (χ2v) is 0. The van der Waals surface area contributed by atoms with Crippen LogP contribution in [-0.2, 0) is 44.1 Å². The molecule has 0 saturated carbocycles. The third kappa shape index (κ3) is 9.26. The Morgan fingerprint density at radius 3 is 0.750 bits per heavy atom. The normalized spacial score (nSPS) is 0. The van der Waals surface area contributed by atoms with Gasteiger partial charge in [-0.3, -0.25) is 0 Å². The van der Waals surface area contributed by atoms with Gasteiger partial charge >= 0.3 is 34.4 Å². The molecular formula is AlCuS2+. The van der Waals surface area contributed by atoms with Gasteiger partial charge in [-0.1, -0.05) is 0 Å². The molecular weight excluding hydrogens is 155 g/mol. The molecule has 0 rings (SSSR count). The Morgan fingerprint density at radius 1 is 0.750 bits per heavy atom. The second kappa shape index (κ2) is 21.8. The van der Waals surface area contributed by atoms with Crippen LogP contribution in [0.4, 0.5) is 0 Å². The maximum Gasteiger partial charge on any atom is 3.00 e. The first-order valence-corrected chi connectivity index (χ1v) is 0. The van der Waals surface area contributed by atoms with Crippen molar-refractivity contribution in [2.45, 2.75) is 0 Å². The van der Waals surface area contributed by atoms with Crippen molar-refractivity contribution in [3.8, 4) is 0 Å².